The topological polar surface area (TPSA) is 80.5 Å². The quantitative estimate of drug-likeness (QED) is 0.784. The van der Waals surface area contributed by atoms with Gasteiger partial charge in [0.05, 0.1) is 12.6 Å². The Morgan fingerprint density at radius 3 is 2.86 bits per heavy atom. The molecule has 0 radical (unpaired) electrons. The molecule has 1 saturated carbocycles. The minimum atomic E-state index is -0.291. The number of halogens is 1. The summed E-state index contributed by atoms with van der Waals surface area (Å²) in [6.07, 6.45) is 5.22. The van der Waals surface area contributed by atoms with E-state index in [0.29, 0.717) is 37.3 Å². The van der Waals surface area contributed by atoms with Gasteiger partial charge in [-0.15, -0.1) is 0 Å². The Kier molecular flexibility index (Phi) is 5.85. The van der Waals surface area contributed by atoms with E-state index in [2.05, 4.69) is 15.5 Å². The van der Waals surface area contributed by atoms with E-state index in [1.54, 1.807) is 17.0 Å². The Morgan fingerprint density at radius 1 is 1.25 bits per heavy atom. The summed E-state index contributed by atoms with van der Waals surface area (Å²) in [7, 11) is 0. The van der Waals surface area contributed by atoms with E-state index in [4.69, 9.17) is 9.26 Å². The van der Waals surface area contributed by atoms with E-state index in [1.165, 1.54) is 25.0 Å². The normalized spacial score (nSPS) is 19.6. The lowest BCUT2D eigenvalue weighted by Gasteiger charge is -2.33. The smallest absolute Gasteiger partial charge is 0.318 e. The molecule has 2 fully saturated rings. The first-order valence-corrected chi connectivity index (χ1v) is 9.88. The largest absolute Gasteiger partial charge is 0.371 e. The van der Waals surface area contributed by atoms with Crippen molar-refractivity contribution in [1.82, 2.24) is 20.4 Å². The number of carbonyl (C=O) groups is 1. The first-order valence-electron chi connectivity index (χ1n) is 9.88. The molecule has 0 bridgehead atoms. The third-order valence-electron chi connectivity index (χ3n) is 5.18. The molecule has 1 aliphatic heterocycles. The predicted octanol–water partition coefficient (Wildman–Crippen LogP) is 3.57. The molecule has 4 rings (SSSR count). The molecule has 8 heteroatoms. The van der Waals surface area contributed by atoms with Crippen molar-refractivity contribution >= 4 is 6.03 Å². The number of hydrogen-bond donors (Lipinski definition) is 1. The molecule has 1 N–H and O–H groups in total. The molecule has 0 spiro atoms. The summed E-state index contributed by atoms with van der Waals surface area (Å²) in [6, 6.07) is 5.72. The van der Waals surface area contributed by atoms with Crippen molar-refractivity contribution in [3.63, 3.8) is 0 Å². The third-order valence-corrected chi connectivity index (χ3v) is 5.18. The second kappa shape index (κ2) is 8.68. The molecule has 7 nitrogen and oxygen atoms in total. The van der Waals surface area contributed by atoms with Crippen LogP contribution in [0.15, 0.2) is 28.8 Å². The fourth-order valence-corrected chi connectivity index (χ4v) is 3.38. The summed E-state index contributed by atoms with van der Waals surface area (Å²) in [5, 5.41) is 6.99. The van der Waals surface area contributed by atoms with E-state index < -0.39 is 0 Å². The zero-order valence-corrected chi connectivity index (χ0v) is 15.8. The fourth-order valence-electron chi connectivity index (χ4n) is 3.38. The van der Waals surface area contributed by atoms with Gasteiger partial charge in [-0.05, 0) is 55.7 Å². The standard InChI is InChI=1S/C20H25FN4O3/c21-16-8-6-14(7-9-16)11-22-20(26)25-10-2-1-3-17(25)19-23-18(28-24-19)13-27-12-15-4-5-15/h6-9,15,17H,1-5,10-13H2,(H,22,26). The Hall–Kier alpha value is -2.48. The zero-order chi connectivity index (χ0) is 19.3. The first kappa shape index (κ1) is 18.9. The average Bonchev–Trinajstić information content (AvgIpc) is 3.42. The highest BCUT2D eigenvalue weighted by Gasteiger charge is 2.31. The van der Waals surface area contributed by atoms with Crippen LogP contribution in [0.25, 0.3) is 0 Å². The highest BCUT2D eigenvalue weighted by atomic mass is 19.1. The number of amides is 2. The number of piperidine rings is 1. The molecule has 1 unspecified atom stereocenters. The van der Waals surface area contributed by atoms with Crippen molar-refractivity contribution in [3.05, 3.63) is 47.4 Å². The Morgan fingerprint density at radius 2 is 2.07 bits per heavy atom. The molecule has 1 aliphatic carbocycles. The summed E-state index contributed by atoms with van der Waals surface area (Å²) in [5.41, 5.74) is 0.845. The highest BCUT2D eigenvalue weighted by molar-refractivity contribution is 5.74. The van der Waals surface area contributed by atoms with Crippen molar-refractivity contribution in [2.75, 3.05) is 13.2 Å². The molecular formula is C20H25FN4O3. The number of benzene rings is 1. The summed E-state index contributed by atoms with van der Waals surface area (Å²) in [4.78, 5) is 18.9. The lowest BCUT2D eigenvalue weighted by atomic mass is 10.0. The lowest BCUT2D eigenvalue weighted by Crippen LogP contribution is -2.44. The number of ether oxygens (including phenoxy) is 1. The van der Waals surface area contributed by atoms with Crippen LogP contribution in [0.3, 0.4) is 0 Å². The van der Waals surface area contributed by atoms with Gasteiger partial charge in [0.1, 0.15) is 12.4 Å². The molecule has 2 amide bonds. The zero-order valence-electron chi connectivity index (χ0n) is 15.8. The van der Waals surface area contributed by atoms with Gasteiger partial charge >= 0.3 is 6.03 Å². The van der Waals surface area contributed by atoms with E-state index in [9.17, 15) is 9.18 Å². The maximum atomic E-state index is 13.0. The number of nitrogens with one attached hydrogen (secondary N) is 1. The number of rotatable bonds is 7. The van der Waals surface area contributed by atoms with Crippen LogP contribution in [0.2, 0.25) is 0 Å². The number of likely N-dealkylation sites (tertiary alicyclic amines) is 1. The van der Waals surface area contributed by atoms with Crippen molar-refractivity contribution in [2.45, 2.75) is 51.3 Å². The van der Waals surface area contributed by atoms with Gasteiger partial charge in [-0.25, -0.2) is 9.18 Å². The molecule has 1 aromatic heterocycles. The van der Waals surface area contributed by atoms with E-state index in [1.807, 2.05) is 0 Å². The van der Waals surface area contributed by atoms with Gasteiger partial charge in [0.2, 0.25) is 0 Å². The van der Waals surface area contributed by atoms with Gasteiger partial charge in [-0.1, -0.05) is 17.3 Å². The number of urea groups is 1. The SMILES string of the molecule is O=C(NCc1ccc(F)cc1)N1CCCCC1c1noc(COCC2CC2)n1. The van der Waals surface area contributed by atoms with Crippen LogP contribution in [0.5, 0.6) is 0 Å². The molecule has 2 aliphatic rings. The molecule has 1 aromatic carbocycles. The predicted molar refractivity (Wildman–Crippen MR) is 98.6 cm³/mol. The van der Waals surface area contributed by atoms with Crippen LogP contribution in [0.1, 0.15) is 55.4 Å². The molecule has 2 heterocycles. The number of hydrogen-bond acceptors (Lipinski definition) is 5. The second-order valence-electron chi connectivity index (χ2n) is 7.49. The second-order valence-corrected chi connectivity index (χ2v) is 7.49. The number of carbonyl (C=O) groups excluding carboxylic acids is 1. The van der Waals surface area contributed by atoms with E-state index in [0.717, 1.165) is 31.4 Å². The first-order chi connectivity index (χ1) is 13.7. The van der Waals surface area contributed by atoms with Crippen molar-refractivity contribution in [2.24, 2.45) is 5.92 Å². The van der Waals surface area contributed by atoms with Crippen LogP contribution in [-0.4, -0.2) is 34.2 Å². The van der Waals surface area contributed by atoms with Gasteiger partial charge in [-0.2, -0.15) is 4.98 Å². The Bertz CT molecular complexity index is 791. The average molecular weight is 388 g/mol. The highest BCUT2D eigenvalue weighted by Crippen LogP contribution is 2.30. The molecule has 1 atom stereocenters. The monoisotopic (exact) mass is 388 g/mol. The molecule has 150 valence electrons. The van der Waals surface area contributed by atoms with Gasteiger partial charge < -0.3 is 19.5 Å². The molecular weight excluding hydrogens is 363 g/mol. The van der Waals surface area contributed by atoms with E-state index in [-0.39, 0.29) is 17.9 Å². The Balaban J connectivity index is 1.34. The van der Waals surface area contributed by atoms with Crippen LogP contribution in [0, 0.1) is 11.7 Å². The van der Waals surface area contributed by atoms with Crippen molar-refractivity contribution < 1.29 is 18.4 Å². The van der Waals surface area contributed by atoms with Gasteiger partial charge in [0, 0.05) is 13.1 Å². The van der Waals surface area contributed by atoms with Gasteiger partial charge in [0.15, 0.2) is 5.82 Å². The number of aromatic nitrogens is 2. The van der Waals surface area contributed by atoms with Crippen LogP contribution in [0.4, 0.5) is 9.18 Å². The van der Waals surface area contributed by atoms with E-state index >= 15 is 0 Å². The summed E-state index contributed by atoms with van der Waals surface area (Å²) in [6.45, 7) is 2.03. The van der Waals surface area contributed by atoms with Crippen LogP contribution >= 0.6 is 0 Å². The summed E-state index contributed by atoms with van der Waals surface area (Å²) < 4.78 is 23.9. The fraction of sp³-hybridized carbons (Fsp3) is 0.550. The van der Waals surface area contributed by atoms with Crippen LogP contribution in [-0.2, 0) is 17.9 Å². The lowest BCUT2D eigenvalue weighted by molar-refractivity contribution is 0.0893. The number of nitrogens with zero attached hydrogens (tertiary/aromatic N) is 3. The van der Waals surface area contributed by atoms with Crippen molar-refractivity contribution in [3.8, 4) is 0 Å². The minimum Gasteiger partial charge on any atom is -0.371 e. The summed E-state index contributed by atoms with van der Waals surface area (Å²) >= 11 is 0. The minimum absolute atomic E-state index is 0.176. The van der Waals surface area contributed by atoms with Crippen molar-refractivity contribution in [1.29, 1.82) is 0 Å². The molecule has 1 saturated heterocycles. The van der Waals surface area contributed by atoms with Gasteiger partial charge in [-0.3, -0.25) is 0 Å². The molecule has 2 aromatic rings. The maximum absolute atomic E-state index is 13.0. The summed E-state index contributed by atoms with van der Waals surface area (Å²) in [5.74, 6) is 1.37. The van der Waals surface area contributed by atoms with Crippen LogP contribution < -0.4 is 5.32 Å². The third kappa shape index (κ3) is 4.86. The van der Waals surface area contributed by atoms with Gasteiger partial charge in [0.25, 0.3) is 5.89 Å². The molecule has 28 heavy (non-hydrogen) atoms. The maximum Gasteiger partial charge on any atom is 0.318 e. The Labute approximate surface area is 163 Å².